The normalized spacial score (nSPS) is 11.5. The summed E-state index contributed by atoms with van der Waals surface area (Å²) in [5.41, 5.74) is -0.650. The third-order valence-corrected chi connectivity index (χ3v) is 6.99. The van der Waals surface area contributed by atoms with Crippen LogP contribution in [0.1, 0.15) is 32.9 Å². The average molecular weight is 701 g/mol. The molecule has 10 nitrogen and oxygen atoms in total. The number of aromatic nitrogens is 6. The zero-order valence-corrected chi connectivity index (χ0v) is 25.9. The van der Waals surface area contributed by atoms with Crippen LogP contribution in [0.15, 0.2) is 85.2 Å². The minimum Gasteiger partial charge on any atom is -0.463 e. The minimum absolute atomic E-state index is 0.0252. The number of rotatable bonds is 7. The Hall–Kier alpha value is -5.64. The molecule has 0 aliphatic carbocycles. The number of nitrogens with zero attached hydrogens (tertiary/aromatic N) is 6. The second-order valence-corrected chi connectivity index (χ2v) is 10.3. The van der Waals surface area contributed by atoms with Crippen LogP contribution < -0.4 is 10.6 Å². The van der Waals surface area contributed by atoms with E-state index in [1.54, 1.807) is 36.5 Å². The number of carbonyl (C=O) groups is 1. The predicted octanol–water partition coefficient (Wildman–Crippen LogP) is 7.75. The molecule has 2 aromatic carbocycles. The number of hydrogen-bond donors (Lipinski definition) is 2. The van der Waals surface area contributed by atoms with Crippen molar-refractivity contribution in [2.45, 2.75) is 25.4 Å². The summed E-state index contributed by atoms with van der Waals surface area (Å²) in [7, 11) is 1.18. The lowest BCUT2D eigenvalue weighted by atomic mass is 10.1. The van der Waals surface area contributed by atoms with Gasteiger partial charge in [-0.3, -0.25) is 0 Å². The van der Waals surface area contributed by atoms with E-state index in [0.29, 0.717) is 22.2 Å². The Bertz CT molecular complexity index is 2110. The smallest absolute Gasteiger partial charge is 0.416 e. The summed E-state index contributed by atoms with van der Waals surface area (Å²) in [6, 6.07) is 17.3. The summed E-state index contributed by atoms with van der Waals surface area (Å²) in [6.07, 6.45) is -5.84. The van der Waals surface area contributed by atoms with Gasteiger partial charge in [0.15, 0.2) is 11.3 Å². The Balaban J connectivity index is 0.000000192. The Kier molecular flexibility index (Phi) is 10.4. The Morgan fingerprint density at radius 2 is 1.14 bits per heavy atom. The van der Waals surface area contributed by atoms with E-state index < -0.39 is 29.4 Å². The molecule has 6 aromatic rings. The van der Waals surface area contributed by atoms with E-state index in [-0.39, 0.29) is 46.8 Å². The molecule has 0 bridgehead atoms. The maximum atomic E-state index is 13.1. The van der Waals surface area contributed by atoms with Gasteiger partial charge in [-0.2, -0.15) is 31.3 Å². The fraction of sp³-hybridized carbons (Fsp3) is 0.156. The van der Waals surface area contributed by atoms with Crippen LogP contribution in [-0.2, 0) is 30.2 Å². The number of nitrogens with one attached hydrogen (secondary N) is 2. The van der Waals surface area contributed by atoms with Crippen molar-refractivity contribution in [2.24, 2.45) is 0 Å². The SMILES string of the molecule is COC(=O)c1nc(NCc2ccccc2C(F)(F)F)c2cccnc2n1.FC(F)(F)c1ccccc1CNc1nc(Cl)nc2ncccc12. The Morgan fingerprint density at radius 1 is 0.673 bits per heavy atom. The topological polar surface area (TPSA) is 128 Å². The molecule has 6 rings (SSSR count). The van der Waals surface area contributed by atoms with Crippen molar-refractivity contribution < 1.29 is 35.9 Å². The van der Waals surface area contributed by atoms with Crippen molar-refractivity contribution in [3.63, 3.8) is 0 Å². The number of esters is 1. The van der Waals surface area contributed by atoms with E-state index in [2.05, 4.69) is 45.3 Å². The number of carbonyl (C=O) groups excluding carboxylic acids is 1. The average Bonchev–Trinajstić information content (AvgIpc) is 3.08. The molecule has 0 unspecified atom stereocenters. The number of methoxy groups -OCH3 is 1. The highest BCUT2D eigenvalue weighted by molar-refractivity contribution is 6.28. The maximum Gasteiger partial charge on any atom is 0.416 e. The largest absolute Gasteiger partial charge is 0.463 e. The van der Waals surface area contributed by atoms with Crippen LogP contribution in [0.5, 0.6) is 0 Å². The molecular weight excluding hydrogens is 678 g/mol. The van der Waals surface area contributed by atoms with Gasteiger partial charge in [0.2, 0.25) is 11.1 Å². The highest BCUT2D eigenvalue weighted by Gasteiger charge is 2.33. The molecule has 0 amide bonds. The zero-order chi connectivity index (χ0) is 35.2. The summed E-state index contributed by atoms with van der Waals surface area (Å²) in [4.78, 5) is 35.9. The highest BCUT2D eigenvalue weighted by Crippen LogP contribution is 2.33. The third-order valence-electron chi connectivity index (χ3n) is 6.82. The fourth-order valence-electron chi connectivity index (χ4n) is 4.61. The zero-order valence-electron chi connectivity index (χ0n) is 25.1. The van der Waals surface area contributed by atoms with Crippen LogP contribution in [0.2, 0.25) is 5.28 Å². The fourth-order valence-corrected chi connectivity index (χ4v) is 4.77. The van der Waals surface area contributed by atoms with E-state index >= 15 is 0 Å². The monoisotopic (exact) mass is 700 g/mol. The Labute approximate surface area is 278 Å². The van der Waals surface area contributed by atoms with Gasteiger partial charge >= 0.3 is 18.3 Å². The van der Waals surface area contributed by atoms with Crippen LogP contribution >= 0.6 is 11.6 Å². The minimum atomic E-state index is -4.47. The molecule has 0 saturated carbocycles. The molecule has 17 heteroatoms. The molecule has 4 aromatic heterocycles. The summed E-state index contributed by atoms with van der Waals surface area (Å²) in [6.45, 7) is -0.190. The molecule has 49 heavy (non-hydrogen) atoms. The first-order valence-electron chi connectivity index (χ1n) is 14.1. The van der Waals surface area contributed by atoms with Crippen molar-refractivity contribution in [3.05, 3.63) is 119 Å². The lowest BCUT2D eigenvalue weighted by molar-refractivity contribution is -0.139. The molecule has 252 valence electrons. The summed E-state index contributed by atoms with van der Waals surface area (Å²) >= 11 is 5.83. The quantitative estimate of drug-likeness (QED) is 0.0969. The van der Waals surface area contributed by atoms with Gasteiger partial charge in [0.05, 0.1) is 29.0 Å². The van der Waals surface area contributed by atoms with Crippen LogP contribution in [0.4, 0.5) is 38.0 Å². The van der Waals surface area contributed by atoms with Crippen LogP contribution in [0.3, 0.4) is 0 Å². The van der Waals surface area contributed by atoms with Crippen LogP contribution in [0, 0.1) is 0 Å². The molecule has 0 aliphatic rings. The number of pyridine rings is 2. The van der Waals surface area contributed by atoms with Gasteiger partial charge in [-0.05, 0) is 59.1 Å². The second-order valence-electron chi connectivity index (χ2n) is 9.99. The molecule has 4 heterocycles. The van der Waals surface area contributed by atoms with E-state index in [1.807, 2.05) is 0 Å². The van der Waals surface area contributed by atoms with Crippen molar-refractivity contribution in [3.8, 4) is 0 Å². The van der Waals surface area contributed by atoms with Gasteiger partial charge in [0.1, 0.15) is 11.6 Å². The number of anilines is 2. The van der Waals surface area contributed by atoms with Gasteiger partial charge < -0.3 is 15.4 Å². The van der Waals surface area contributed by atoms with Gasteiger partial charge in [-0.15, -0.1) is 0 Å². The van der Waals surface area contributed by atoms with Gasteiger partial charge in [-0.25, -0.2) is 29.7 Å². The number of ether oxygens (including phenoxy) is 1. The summed E-state index contributed by atoms with van der Waals surface area (Å²) < 4.78 is 83.0. The number of halogens is 7. The summed E-state index contributed by atoms with van der Waals surface area (Å²) in [5.74, 6) is -0.466. The first-order valence-corrected chi connectivity index (χ1v) is 14.5. The van der Waals surface area contributed by atoms with E-state index in [1.165, 1.54) is 43.6 Å². The number of fused-ring (bicyclic) bond motifs is 2. The van der Waals surface area contributed by atoms with Crippen LogP contribution in [0.25, 0.3) is 22.1 Å². The molecule has 0 atom stereocenters. The summed E-state index contributed by atoms with van der Waals surface area (Å²) in [5, 5.41) is 6.75. The number of benzene rings is 2. The molecule has 0 fully saturated rings. The first-order chi connectivity index (χ1) is 23.3. The lowest BCUT2D eigenvalue weighted by Crippen LogP contribution is -2.14. The second kappa shape index (κ2) is 14.6. The first kappa shape index (κ1) is 34.7. The van der Waals surface area contributed by atoms with E-state index in [0.717, 1.165) is 12.1 Å². The van der Waals surface area contributed by atoms with Crippen molar-refractivity contribution in [1.82, 2.24) is 29.9 Å². The molecule has 2 N–H and O–H groups in total. The van der Waals surface area contributed by atoms with Crippen molar-refractivity contribution in [1.29, 1.82) is 0 Å². The third kappa shape index (κ3) is 8.45. The number of hydrogen-bond acceptors (Lipinski definition) is 10. The highest BCUT2D eigenvalue weighted by atomic mass is 35.5. The molecule has 0 radical (unpaired) electrons. The molecule has 0 saturated heterocycles. The van der Waals surface area contributed by atoms with E-state index in [9.17, 15) is 31.1 Å². The van der Waals surface area contributed by atoms with Gasteiger partial charge in [-0.1, -0.05) is 36.4 Å². The van der Waals surface area contributed by atoms with E-state index in [4.69, 9.17) is 11.6 Å². The van der Waals surface area contributed by atoms with Gasteiger partial charge in [0.25, 0.3) is 0 Å². The molecule has 0 aliphatic heterocycles. The lowest BCUT2D eigenvalue weighted by Gasteiger charge is -2.14. The standard InChI is InChI=1S/C17H13F3N4O2.C15H10ClF3N4/c1-26-16(25)15-23-13-11(6-4-8-21-13)14(24-15)22-9-10-5-2-3-7-12(10)17(18,19)20;16-14-22-12-10(5-3-7-20-12)13(23-14)21-8-9-4-1-2-6-11(9)15(17,18)19/h2-8H,9H2,1H3,(H,21,22,23,24);1-7H,8H2,(H,20,21,22,23). The molecular formula is C32H23ClF6N8O2. The van der Waals surface area contributed by atoms with Crippen LogP contribution in [-0.4, -0.2) is 43.0 Å². The maximum absolute atomic E-state index is 13.1. The number of alkyl halides is 6. The molecule has 0 spiro atoms. The Morgan fingerprint density at radius 3 is 1.63 bits per heavy atom. The predicted molar refractivity (Wildman–Crippen MR) is 169 cm³/mol. The van der Waals surface area contributed by atoms with Gasteiger partial charge in [0, 0.05) is 25.5 Å². The van der Waals surface area contributed by atoms with Crippen molar-refractivity contribution >= 4 is 51.3 Å². The van der Waals surface area contributed by atoms with Crippen molar-refractivity contribution in [2.75, 3.05) is 17.7 Å².